The highest BCUT2D eigenvalue weighted by Crippen LogP contribution is 2.23. The zero-order chi connectivity index (χ0) is 19.8. The normalized spacial score (nSPS) is 11.4. The molecule has 27 heavy (non-hydrogen) atoms. The molecule has 2 aromatic carbocycles. The van der Waals surface area contributed by atoms with Gasteiger partial charge in [-0.15, -0.1) is 11.8 Å². The third-order valence-electron chi connectivity index (χ3n) is 3.70. The number of esters is 1. The third-order valence-corrected chi connectivity index (χ3v) is 4.83. The van der Waals surface area contributed by atoms with Crippen LogP contribution in [0.2, 0.25) is 0 Å². The average Bonchev–Trinajstić information content (AvgIpc) is 2.67. The van der Waals surface area contributed by atoms with Crippen LogP contribution >= 0.6 is 11.8 Å². The predicted molar refractivity (Wildman–Crippen MR) is 104 cm³/mol. The van der Waals surface area contributed by atoms with Crippen molar-refractivity contribution in [2.75, 3.05) is 5.75 Å². The number of ether oxygens (including phenoxy) is 1. The SMILES string of the molecule is Cc1ccc(C)c(SCC(=O)O[C@H](C)C(=O)NNC(=O)c2ccccc2)c1. The summed E-state index contributed by atoms with van der Waals surface area (Å²) < 4.78 is 5.12. The number of rotatable bonds is 6. The number of benzene rings is 2. The van der Waals surface area contributed by atoms with E-state index in [2.05, 4.69) is 10.9 Å². The summed E-state index contributed by atoms with van der Waals surface area (Å²) in [6, 6.07) is 14.5. The molecule has 0 aliphatic carbocycles. The van der Waals surface area contributed by atoms with E-state index in [-0.39, 0.29) is 5.75 Å². The van der Waals surface area contributed by atoms with Crippen LogP contribution < -0.4 is 10.9 Å². The summed E-state index contributed by atoms with van der Waals surface area (Å²) in [5.41, 5.74) is 7.14. The number of hydrogen-bond donors (Lipinski definition) is 2. The van der Waals surface area contributed by atoms with Gasteiger partial charge in [0.1, 0.15) is 0 Å². The van der Waals surface area contributed by atoms with Crippen LogP contribution in [0.5, 0.6) is 0 Å². The predicted octanol–water partition coefficient (Wildman–Crippen LogP) is 2.79. The van der Waals surface area contributed by atoms with Gasteiger partial charge in [-0.2, -0.15) is 0 Å². The molecule has 6 nitrogen and oxygen atoms in total. The molecule has 0 aliphatic heterocycles. The molecule has 0 radical (unpaired) electrons. The summed E-state index contributed by atoms with van der Waals surface area (Å²) in [4.78, 5) is 36.8. The highest BCUT2D eigenvalue weighted by Gasteiger charge is 2.19. The lowest BCUT2D eigenvalue weighted by molar-refractivity contribution is -0.152. The lowest BCUT2D eigenvalue weighted by atomic mass is 10.2. The fourth-order valence-electron chi connectivity index (χ4n) is 2.17. The van der Waals surface area contributed by atoms with Gasteiger partial charge in [0.2, 0.25) is 0 Å². The summed E-state index contributed by atoms with van der Waals surface area (Å²) in [7, 11) is 0. The zero-order valence-corrected chi connectivity index (χ0v) is 16.3. The molecule has 2 N–H and O–H groups in total. The second-order valence-corrected chi connectivity index (χ2v) is 7.02. The van der Waals surface area contributed by atoms with Crippen LogP contribution in [0.3, 0.4) is 0 Å². The monoisotopic (exact) mass is 386 g/mol. The smallest absolute Gasteiger partial charge is 0.317 e. The first kappa shape index (κ1) is 20.5. The summed E-state index contributed by atoms with van der Waals surface area (Å²) in [6.45, 7) is 5.40. The molecular weight excluding hydrogens is 364 g/mol. The first-order valence-electron chi connectivity index (χ1n) is 8.41. The van der Waals surface area contributed by atoms with Gasteiger partial charge < -0.3 is 4.74 Å². The molecule has 2 rings (SSSR count). The Hall–Kier alpha value is -2.80. The Balaban J connectivity index is 1.77. The van der Waals surface area contributed by atoms with Gasteiger partial charge in [-0.1, -0.05) is 35.9 Å². The lowest BCUT2D eigenvalue weighted by Crippen LogP contribution is -2.46. The van der Waals surface area contributed by atoms with Crippen molar-refractivity contribution in [3.05, 3.63) is 65.2 Å². The maximum Gasteiger partial charge on any atom is 0.317 e. The third kappa shape index (κ3) is 6.45. The van der Waals surface area contributed by atoms with Crippen LogP contribution in [-0.2, 0) is 14.3 Å². The number of thioether (sulfide) groups is 1. The van der Waals surface area contributed by atoms with Crippen molar-refractivity contribution in [2.45, 2.75) is 31.8 Å². The molecule has 0 heterocycles. The minimum absolute atomic E-state index is 0.0955. The van der Waals surface area contributed by atoms with Gasteiger partial charge in [-0.05, 0) is 44.5 Å². The molecule has 0 aromatic heterocycles. The van der Waals surface area contributed by atoms with Gasteiger partial charge in [-0.25, -0.2) is 0 Å². The number of hydrazine groups is 1. The Bertz CT molecular complexity index is 824. The minimum Gasteiger partial charge on any atom is -0.452 e. The van der Waals surface area contributed by atoms with E-state index in [0.717, 1.165) is 16.0 Å². The van der Waals surface area contributed by atoms with Crippen molar-refractivity contribution in [1.29, 1.82) is 0 Å². The van der Waals surface area contributed by atoms with E-state index in [0.29, 0.717) is 5.56 Å². The van der Waals surface area contributed by atoms with Crippen molar-refractivity contribution in [3.63, 3.8) is 0 Å². The minimum atomic E-state index is -1.02. The number of carbonyl (C=O) groups is 3. The topological polar surface area (TPSA) is 84.5 Å². The van der Waals surface area contributed by atoms with Crippen molar-refractivity contribution >= 4 is 29.5 Å². The molecule has 2 amide bonds. The Morgan fingerprint density at radius 2 is 1.74 bits per heavy atom. The van der Waals surface area contributed by atoms with E-state index in [9.17, 15) is 14.4 Å². The van der Waals surface area contributed by atoms with Gasteiger partial charge in [0.25, 0.3) is 11.8 Å². The van der Waals surface area contributed by atoms with Gasteiger partial charge in [0, 0.05) is 10.5 Å². The molecule has 0 fully saturated rings. The first-order chi connectivity index (χ1) is 12.9. The number of aryl methyl sites for hydroxylation is 2. The fraction of sp³-hybridized carbons (Fsp3) is 0.250. The van der Waals surface area contributed by atoms with Crippen LogP contribution in [0.25, 0.3) is 0 Å². The second kappa shape index (κ2) is 9.78. The molecule has 0 saturated heterocycles. The van der Waals surface area contributed by atoms with Gasteiger partial charge in [0.15, 0.2) is 6.10 Å². The summed E-state index contributed by atoms with van der Waals surface area (Å²) in [6.07, 6.45) is -1.02. The van der Waals surface area contributed by atoms with Crippen LogP contribution in [0, 0.1) is 13.8 Å². The van der Waals surface area contributed by atoms with Gasteiger partial charge in [-0.3, -0.25) is 25.2 Å². The molecule has 0 spiro atoms. The first-order valence-corrected chi connectivity index (χ1v) is 9.40. The summed E-state index contributed by atoms with van der Waals surface area (Å²) >= 11 is 1.36. The summed E-state index contributed by atoms with van der Waals surface area (Å²) in [5, 5.41) is 0. The number of hydrogen-bond acceptors (Lipinski definition) is 5. The molecule has 0 aliphatic rings. The van der Waals surface area contributed by atoms with Crippen LogP contribution in [0.15, 0.2) is 53.4 Å². The molecule has 0 unspecified atom stereocenters. The molecule has 7 heteroatoms. The molecule has 0 bridgehead atoms. The number of nitrogens with one attached hydrogen (secondary N) is 2. The molecular formula is C20H22N2O4S. The standard InChI is InChI=1S/C20H22N2O4S/c1-13-9-10-14(2)17(11-13)27-12-18(23)26-15(3)19(24)21-22-20(25)16-7-5-4-6-8-16/h4-11,15H,12H2,1-3H3,(H,21,24)(H,22,25)/t15-/m1/s1. The number of carbonyl (C=O) groups excluding carboxylic acids is 3. The van der Waals surface area contributed by atoms with Crippen LogP contribution in [0.4, 0.5) is 0 Å². The van der Waals surface area contributed by atoms with E-state index in [4.69, 9.17) is 4.74 Å². The van der Waals surface area contributed by atoms with Crippen molar-refractivity contribution in [1.82, 2.24) is 10.9 Å². The lowest BCUT2D eigenvalue weighted by Gasteiger charge is -2.14. The van der Waals surface area contributed by atoms with E-state index < -0.39 is 23.9 Å². The van der Waals surface area contributed by atoms with E-state index in [1.165, 1.54) is 18.7 Å². The van der Waals surface area contributed by atoms with Crippen LogP contribution in [0.1, 0.15) is 28.4 Å². The van der Waals surface area contributed by atoms with Gasteiger partial charge >= 0.3 is 5.97 Å². The molecule has 0 saturated carbocycles. The van der Waals surface area contributed by atoms with Gasteiger partial charge in [0.05, 0.1) is 5.75 Å². The molecule has 142 valence electrons. The Morgan fingerprint density at radius 3 is 2.44 bits per heavy atom. The van der Waals surface area contributed by atoms with E-state index in [1.54, 1.807) is 30.3 Å². The fourth-order valence-corrected chi connectivity index (χ4v) is 3.07. The van der Waals surface area contributed by atoms with E-state index >= 15 is 0 Å². The second-order valence-electron chi connectivity index (χ2n) is 6.00. The zero-order valence-electron chi connectivity index (χ0n) is 15.4. The van der Waals surface area contributed by atoms with Crippen molar-refractivity contribution < 1.29 is 19.1 Å². The highest BCUT2D eigenvalue weighted by atomic mass is 32.2. The molecule has 2 aromatic rings. The Morgan fingerprint density at radius 1 is 1.04 bits per heavy atom. The molecule has 1 atom stereocenters. The van der Waals surface area contributed by atoms with Crippen molar-refractivity contribution in [3.8, 4) is 0 Å². The highest BCUT2D eigenvalue weighted by molar-refractivity contribution is 8.00. The Labute approximate surface area is 162 Å². The van der Waals surface area contributed by atoms with E-state index in [1.807, 2.05) is 32.0 Å². The maximum atomic E-state index is 12.0. The Kier molecular flexibility index (Phi) is 7.43. The van der Waals surface area contributed by atoms with Crippen LogP contribution in [-0.4, -0.2) is 29.6 Å². The largest absolute Gasteiger partial charge is 0.452 e. The quantitative estimate of drug-likeness (QED) is 0.453. The average molecular weight is 386 g/mol. The number of amides is 2. The summed E-state index contributed by atoms with van der Waals surface area (Å²) in [5.74, 6) is -1.46. The van der Waals surface area contributed by atoms with Crippen molar-refractivity contribution in [2.24, 2.45) is 0 Å². The maximum absolute atomic E-state index is 12.0.